The molecule has 0 aliphatic rings. The summed E-state index contributed by atoms with van der Waals surface area (Å²) in [6, 6.07) is 7.75. The van der Waals surface area contributed by atoms with Crippen molar-refractivity contribution in [2.24, 2.45) is 0 Å². The number of para-hydroxylation sites is 1. The Bertz CT molecular complexity index is 865. The second-order valence-corrected chi connectivity index (χ2v) is 5.94. The number of H-pyrrole nitrogens is 1. The molecule has 0 unspecified atom stereocenters. The van der Waals surface area contributed by atoms with Crippen molar-refractivity contribution in [3.8, 4) is 0 Å². The molecule has 7 nitrogen and oxygen atoms in total. The quantitative estimate of drug-likeness (QED) is 0.432. The van der Waals surface area contributed by atoms with Crippen LogP contribution in [0.1, 0.15) is 6.42 Å². The highest BCUT2D eigenvalue weighted by molar-refractivity contribution is 6.04. The van der Waals surface area contributed by atoms with E-state index >= 15 is 0 Å². The third-order valence-corrected chi connectivity index (χ3v) is 4.34. The maximum atomic E-state index is 12.6. The molecular weight excluding hydrogens is 308 g/mol. The first-order chi connectivity index (χ1) is 11.7. The fourth-order valence-corrected chi connectivity index (χ4v) is 3.09. The molecule has 3 rings (SSSR count). The first-order valence-corrected chi connectivity index (χ1v) is 8.25. The summed E-state index contributed by atoms with van der Waals surface area (Å²) in [5.41, 5.74) is 2.09. The Balaban J connectivity index is 1.77. The van der Waals surface area contributed by atoms with E-state index in [-0.39, 0.29) is 18.8 Å². The molecule has 0 bridgehead atoms. The van der Waals surface area contributed by atoms with Gasteiger partial charge in [-0.25, -0.2) is 4.98 Å². The maximum Gasteiger partial charge on any atom is 0.277 e. The zero-order chi connectivity index (χ0) is 16.9. The molecule has 128 valence electrons. The van der Waals surface area contributed by atoms with Crippen molar-refractivity contribution in [1.82, 2.24) is 14.5 Å². The molecule has 7 heteroatoms. The molecule has 0 atom stereocenters. The molecule has 24 heavy (non-hydrogen) atoms. The van der Waals surface area contributed by atoms with Gasteiger partial charge >= 0.3 is 0 Å². The van der Waals surface area contributed by atoms with Gasteiger partial charge in [0.25, 0.3) is 5.56 Å². The summed E-state index contributed by atoms with van der Waals surface area (Å²) in [5, 5.41) is 19.0. The molecule has 0 radical (unpaired) electrons. The predicted octanol–water partition coefficient (Wildman–Crippen LogP) is -0.863. The molecule has 4 N–H and O–H groups in total. The fraction of sp³-hybridized carbons (Fsp3) is 0.412. The summed E-state index contributed by atoms with van der Waals surface area (Å²) in [7, 11) is 0. The second-order valence-electron chi connectivity index (χ2n) is 5.94. The standard InChI is InChI=1S/C17H22N4O3/c22-10-8-20(9-11-23)6-3-7-21-12-18-15-13-4-1-2-5-14(13)19-16(15)17(21)24/h1-2,4-5,12,19,22-23H,3,6-11H2/p+1. The number of aromatic amines is 1. The number of nitrogens with one attached hydrogen (secondary N) is 2. The van der Waals surface area contributed by atoms with Crippen LogP contribution in [-0.2, 0) is 6.54 Å². The number of nitrogens with zero attached hydrogens (tertiary/aromatic N) is 2. The lowest BCUT2D eigenvalue weighted by Gasteiger charge is -2.17. The molecule has 0 amide bonds. The Hall–Kier alpha value is -2.22. The number of quaternary nitrogens is 1. The summed E-state index contributed by atoms with van der Waals surface area (Å²) in [4.78, 5) is 21.4. The lowest BCUT2D eigenvalue weighted by atomic mass is 10.2. The average molecular weight is 331 g/mol. The lowest BCUT2D eigenvalue weighted by Crippen LogP contribution is -3.13. The molecule has 0 fully saturated rings. The van der Waals surface area contributed by atoms with Crippen molar-refractivity contribution in [2.75, 3.05) is 32.8 Å². The van der Waals surface area contributed by atoms with Crippen molar-refractivity contribution in [1.29, 1.82) is 0 Å². The molecule has 0 aliphatic heterocycles. The van der Waals surface area contributed by atoms with Crippen molar-refractivity contribution in [2.45, 2.75) is 13.0 Å². The highest BCUT2D eigenvalue weighted by Crippen LogP contribution is 2.20. The van der Waals surface area contributed by atoms with E-state index in [4.69, 9.17) is 10.2 Å². The van der Waals surface area contributed by atoms with E-state index in [0.29, 0.717) is 30.7 Å². The molecule has 3 aromatic rings. The Morgan fingerprint density at radius 1 is 1.12 bits per heavy atom. The van der Waals surface area contributed by atoms with E-state index < -0.39 is 0 Å². The summed E-state index contributed by atoms with van der Waals surface area (Å²) >= 11 is 0. The predicted molar refractivity (Wildman–Crippen MR) is 92.2 cm³/mol. The van der Waals surface area contributed by atoms with Gasteiger partial charge in [0.05, 0.1) is 26.1 Å². The van der Waals surface area contributed by atoms with E-state index in [1.807, 2.05) is 24.3 Å². The molecule has 0 saturated carbocycles. The maximum absolute atomic E-state index is 12.6. The van der Waals surface area contributed by atoms with Crippen LogP contribution in [0, 0.1) is 0 Å². The normalized spacial score (nSPS) is 11.8. The topological polar surface area (TPSA) is 95.6 Å². The van der Waals surface area contributed by atoms with E-state index in [2.05, 4.69) is 9.97 Å². The molecule has 0 saturated heterocycles. The lowest BCUT2D eigenvalue weighted by molar-refractivity contribution is -0.901. The van der Waals surface area contributed by atoms with Gasteiger partial charge in [0.2, 0.25) is 0 Å². The van der Waals surface area contributed by atoms with Crippen LogP contribution in [-0.4, -0.2) is 57.6 Å². The third kappa shape index (κ3) is 3.33. The van der Waals surface area contributed by atoms with E-state index in [1.165, 1.54) is 0 Å². The summed E-state index contributed by atoms with van der Waals surface area (Å²) in [6.07, 6.45) is 2.38. The number of fused-ring (bicyclic) bond motifs is 3. The minimum absolute atomic E-state index is 0.0675. The van der Waals surface area contributed by atoms with Gasteiger partial charge in [-0.05, 0) is 6.07 Å². The number of rotatable bonds is 8. The van der Waals surface area contributed by atoms with Gasteiger partial charge in [-0.3, -0.25) is 9.36 Å². The number of hydrogen-bond acceptors (Lipinski definition) is 4. The van der Waals surface area contributed by atoms with Crippen LogP contribution in [0.25, 0.3) is 21.9 Å². The van der Waals surface area contributed by atoms with Crippen LogP contribution in [0.5, 0.6) is 0 Å². The van der Waals surface area contributed by atoms with Crippen LogP contribution in [0.4, 0.5) is 0 Å². The van der Waals surface area contributed by atoms with Crippen LogP contribution in [0.2, 0.25) is 0 Å². The SMILES string of the molecule is O=c1c2[nH]c3ccccc3c2ncn1CCC[NH+](CCO)CCO. The highest BCUT2D eigenvalue weighted by Gasteiger charge is 2.11. The molecular formula is C17H23N4O3+. The number of hydrogen-bond donors (Lipinski definition) is 4. The largest absolute Gasteiger partial charge is 0.391 e. The fourth-order valence-electron chi connectivity index (χ4n) is 3.09. The number of benzene rings is 1. The van der Waals surface area contributed by atoms with E-state index in [9.17, 15) is 4.79 Å². The zero-order valence-electron chi connectivity index (χ0n) is 13.5. The Kier molecular flexibility index (Phi) is 5.24. The van der Waals surface area contributed by atoms with Gasteiger partial charge < -0.3 is 20.1 Å². The van der Waals surface area contributed by atoms with E-state index in [1.54, 1.807) is 10.9 Å². The van der Waals surface area contributed by atoms with Gasteiger partial charge in [0.15, 0.2) is 0 Å². The second kappa shape index (κ2) is 7.57. The number of aliphatic hydroxyl groups is 2. The van der Waals surface area contributed by atoms with Gasteiger partial charge in [-0.2, -0.15) is 0 Å². The first kappa shape index (κ1) is 16.6. The minimum Gasteiger partial charge on any atom is -0.391 e. The molecule has 0 aliphatic carbocycles. The van der Waals surface area contributed by atoms with Crippen molar-refractivity contribution in [3.05, 3.63) is 40.9 Å². The molecule has 1 aromatic carbocycles. The van der Waals surface area contributed by atoms with Crippen molar-refractivity contribution in [3.63, 3.8) is 0 Å². The highest BCUT2D eigenvalue weighted by atomic mass is 16.3. The van der Waals surface area contributed by atoms with Crippen molar-refractivity contribution >= 4 is 21.9 Å². The Morgan fingerprint density at radius 3 is 2.62 bits per heavy atom. The summed E-state index contributed by atoms with van der Waals surface area (Å²) in [5.74, 6) is 0. The number of aryl methyl sites for hydroxylation is 1. The summed E-state index contributed by atoms with van der Waals surface area (Å²) < 4.78 is 1.62. The molecule has 2 heterocycles. The molecule has 2 aromatic heterocycles. The van der Waals surface area contributed by atoms with Gasteiger partial charge in [0.1, 0.15) is 24.1 Å². The average Bonchev–Trinajstić information content (AvgIpc) is 2.97. The Labute approximate surface area is 139 Å². The number of aliphatic hydroxyl groups excluding tert-OH is 2. The smallest absolute Gasteiger partial charge is 0.277 e. The van der Waals surface area contributed by atoms with Crippen molar-refractivity contribution < 1.29 is 15.1 Å². The monoisotopic (exact) mass is 331 g/mol. The van der Waals surface area contributed by atoms with E-state index in [0.717, 1.165) is 28.8 Å². The van der Waals surface area contributed by atoms with Crippen LogP contribution < -0.4 is 10.5 Å². The zero-order valence-corrected chi connectivity index (χ0v) is 13.5. The van der Waals surface area contributed by atoms with Crippen LogP contribution in [0.3, 0.4) is 0 Å². The molecule has 0 spiro atoms. The summed E-state index contributed by atoms with van der Waals surface area (Å²) in [6.45, 7) is 2.76. The van der Waals surface area contributed by atoms with Crippen LogP contribution >= 0.6 is 0 Å². The number of aromatic nitrogens is 3. The third-order valence-electron chi connectivity index (χ3n) is 4.34. The minimum atomic E-state index is -0.0675. The van der Waals surface area contributed by atoms with Gasteiger partial charge in [-0.1, -0.05) is 18.2 Å². The first-order valence-electron chi connectivity index (χ1n) is 8.25. The van der Waals surface area contributed by atoms with Gasteiger partial charge in [-0.15, -0.1) is 0 Å². The Morgan fingerprint density at radius 2 is 1.88 bits per heavy atom. The van der Waals surface area contributed by atoms with Gasteiger partial charge in [0, 0.05) is 23.9 Å². The van der Waals surface area contributed by atoms with Crippen LogP contribution in [0.15, 0.2) is 35.4 Å².